The van der Waals surface area contributed by atoms with Gasteiger partial charge in [-0.3, -0.25) is 4.79 Å². The summed E-state index contributed by atoms with van der Waals surface area (Å²) in [5, 5.41) is 8.94. The Morgan fingerprint density at radius 1 is 1.16 bits per heavy atom. The van der Waals surface area contributed by atoms with Gasteiger partial charge in [0.15, 0.2) is 0 Å². The smallest absolute Gasteiger partial charge is 0.315 e. The van der Waals surface area contributed by atoms with Crippen LogP contribution in [0.4, 0.5) is 10.6 Å². The van der Waals surface area contributed by atoms with Crippen LogP contribution in [0.15, 0.2) is 30.5 Å². The first-order valence-corrected chi connectivity index (χ1v) is 11.0. The fourth-order valence-electron chi connectivity index (χ4n) is 5.00. The van der Waals surface area contributed by atoms with Crippen LogP contribution in [0.3, 0.4) is 0 Å². The molecule has 8 heteroatoms. The molecule has 3 heterocycles. The van der Waals surface area contributed by atoms with Gasteiger partial charge in [0, 0.05) is 29.8 Å². The zero-order valence-corrected chi connectivity index (χ0v) is 17.0. The number of hydrogen-bond donors (Lipinski definition) is 3. The molecule has 2 fully saturated rings. The van der Waals surface area contributed by atoms with E-state index >= 15 is 0 Å². The summed E-state index contributed by atoms with van der Waals surface area (Å²) in [5.74, 6) is 2.94. The number of amides is 3. The number of anilines is 1. The van der Waals surface area contributed by atoms with Crippen LogP contribution in [-0.4, -0.2) is 35.1 Å². The number of carbonyl (C=O) groups excluding carboxylic acids is 2. The van der Waals surface area contributed by atoms with Crippen LogP contribution in [0.5, 0.6) is 17.2 Å². The lowest BCUT2D eigenvalue weighted by Gasteiger charge is -2.19. The number of urea groups is 1. The van der Waals surface area contributed by atoms with Gasteiger partial charge in [-0.1, -0.05) is 12.8 Å². The molecule has 2 aliphatic heterocycles. The standard InChI is InChI=1S/C23H24N4O4/c28-18-8-6-14-17(9-10-24-22(14)26-18)30-13-5-7-16-15(11-13)19-20(21(19)31-16)27-23(29)25-12-3-1-2-4-12/h5,7,9-12,19-21H,1-4,6,8H2,(H,24,26,28)(H2,25,27,29)/t19-,20+,21-/m0/s1. The maximum Gasteiger partial charge on any atom is 0.315 e. The highest BCUT2D eigenvalue weighted by Gasteiger charge is 2.59. The predicted octanol–water partition coefficient (Wildman–Crippen LogP) is 3.23. The second kappa shape index (κ2) is 7.14. The van der Waals surface area contributed by atoms with Crippen molar-refractivity contribution in [3.05, 3.63) is 41.6 Å². The van der Waals surface area contributed by atoms with Gasteiger partial charge in [0.25, 0.3) is 0 Å². The van der Waals surface area contributed by atoms with Gasteiger partial charge in [0.1, 0.15) is 29.2 Å². The van der Waals surface area contributed by atoms with Gasteiger partial charge in [0.2, 0.25) is 5.91 Å². The lowest BCUT2D eigenvalue weighted by atomic mass is 10.1. The van der Waals surface area contributed by atoms with E-state index in [1.165, 1.54) is 12.8 Å². The Morgan fingerprint density at radius 2 is 2.03 bits per heavy atom. The third kappa shape index (κ3) is 3.36. The van der Waals surface area contributed by atoms with Gasteiger partial charge in [-0.15, -0.1) is 0 Å². The zero-order valence-electron chi connectivity index (χ0n) is 17.0. The van der Waals surface area contributed by atoms with Crippen molar-refractivity contribution in [2.45, 2.75) is 62.6 Å². The Labute approximate surface area is 179 Å². The van der Waals surface area contributed by atoms with Gasteiger partial charge >= 0.3 is 6.03 Å². The SMILES string of the molecule is O=C1CCc2c(Oc3ccc4c(c3)[C@H]3[C@@H](NC(=O)NC5CCCC5)[C@H]3O4)ccnc2N1. The van der Waals surface area contributed by atoms with E-state index in [2.05, 4.69) is 20.9 Å². The first-order valence-electron chi connectivity index (χ1n) is 11.0. The van der Waals surface area contributed by atoms with Gasteiger partial charge in [-0.2, -0.15) is 0 Å². The average Bonchev–Trinajstić information content (AvgIpc) is 3.09. The highest BCUT2D eigenvalue weighted by molar-refractivity contribution is 5.93. The van der Waals surface area contributed by atoms with Crippen molar-refractivity contribution in [3.8, 4) is 17.2 Å². The maximum atomic E-state index is 12.3. The van der Waals surface area contributed by atoms with E-state index in [1.54, 1.807) is 6.20 Å². The lowest BCUT2D eigenvalue weighted by Crippen LogP contribution is -2.43. The summed E-state index contributed by atoms with van der Waals surface area (Å²) < 4.78 is 12.2. The number of carbonyl (C=O) groups is 2. The number of ether oxygens (including phenoxy) is 2. The number of rotatable bonds is 4. The molecule has 31 heavy (non-hydrogen) atoms. The van der Waals surface area contributed by atoms with Gasteiger partial charge in [-0.05, 0) is 43.5 Å². The van der Waals surface area contributed by atoms with Crippen LogP contribution in [0.25, 0.3) is 0 Å². The molecule has 8 nitrogen and oxygen atoms in total. The molecule has 3 N–H and O–H groups in total. The summed E-state index contributed by atoms with van der Waals surface area (Å²) in [7, 11) is 0. The summed E-state index contributed by atoms with van der Waals surface area (Å²) >= 11 is 0. The predicted molar refractivity (Wildman–Crippen MR) is 113 cm³/mol. The van der Waals surface area contributed by atoms with E-state index in [-0.39, 0.29) is 30.0 Å². The molecule has 2 aromatic rings. The number of nitrogens with zero attached hydrogens (tertiary/aromatic N) is 1. The molecule has 0 spiro atoms. The number of aromatic nitrogens is 1. The van der Waals surface area contributed by atoms with Crippen molar-refractivity contribution < 1.29 is 19.1 Å². The van der Waals surface area contributed by atoms with E-state index in [1.807, 2.05) is 24.3 Å². The second-order valence-corrected chi connectivity index (χ2v) is 8.72. The summed E-state index contributed by atoms with van der Waals surface area (Å²) in [5.41, 5.74) is 1.97. The fraction of sp³-hybridized carbons (Fsp3) is 0.435. The quantitative estimate of drug-likeness (QED) is 0.705. The van der Waals surface area contributed by atoms with E-state index in [4.69, 9.17) is 9.47 Å². The molecule has 0 saturated heterocycles. The van der Waals surface area contributed by atoms with E-state index in [0.717, 1.165) is 29.7 Å². The van der Waals surface area contributed by atoms with Crippen molar-refractivity contribution in [2.24, 2.45) is 0 Å². The minimum atomic E-state index is -0.102. The zero-order chi connectivity index (χ0) is 20.9. The third-order valence-electron chi connectivity index (χ3n) is 6.65. The van der Waals surface area contributed by atoms with E-state index in [9.17, 15) is 9.59 Å². The monoisotopic (exact) mass is 420 g/mol. The average molecular weight is 420 g/mol. The van der Waals surface area contributed by atoms with Crippen LogP contribution >= 0.6 is 0 Å². The number of nitrogens with one attached hydrogen (secondary N) is 3. The van der Waals surface area contributed by atoms with Crippen LogP contribution in [0.1, 0.15) is 49.1 Å². The van der Waals surface area contributed by atoms with Crippen molar-refractivity contribution in [1.82, 2.24) is 15.6 Å². The lowest BCUT2D eigenvalue weighted by molar-refractivity contribution is -0.116. The topological polar surface area (TPSA) is 102 Å². The molecule has 0 unspecified atom stereocenters. The molecule has 0 radical (unpaired) electrons. The summed E-state index contributed by atoms with van der Waals surface area (Å²) in [4.78, 5) is 28.2. The minimum Gasteiger partial charge on any atom is -0.487 e. The number of pyridine rings is 1. The van der Waals surface area contributed by atoms with Gasteiger partial charge < -0.3 is 25.4 Å². The first kappa shape index (κ1) is 18.5. The third-order valence-corrected chi connectivity index (χ3v) is 6.65. The number of hydrogen-bond acceptors (Lipinski definition) is 5. The Morgan fingerprint density at radius 3 is 2.90 bits per heavy atom. The Balaban J connectivity index is 1.15. The summed E-state index contributed by atoms with van der Waals surface area (Å²) in [6.07, 6.45) is 7.15. The highest BCUT2D eigenvalue weighted by atomic mass is 16.5. The van der Waals surface area contributed by atoms with Crippen LogP contribution in [0.2, 0.25) is 0 Å². The van der Waals surface area contributed by atoms with Crippen molar-refractivity contribution in [3.63, 3.8) is 0 Å². The number of fused-ring (bicyclic) bond motifs is 4. The molecule has 2 saturated carbocycles. The first-order chi connectivity index (χ1) is 15.2. The van der Waals surface area contributed by atoms with Crippen molar-refractivity contribution in [1.29, 1.82) is 0 Å². The Hall–Kier alpha value is -3.29. The molecule has 1 aromatic heterocycles. The molecular weight excluding hydrogens is 396 g/mol. The van der Waals surface area contributed by atoms with Crippen molar-refractivity contribution >= 4 is 17.8 Å². The van der Waals surface area contributed by atoms with E-state index in [0.29, 0.717) is 36.2 Å². The van der Waals surface area contributed by atoms with E-state index < -0.39 is 0 Å². The number of benzene rings is 1. The summed E-state index contributed by atoms with van der Waals surface area (Å²) in [6, 6.07) is 7.79. The molecule has 2 aliphatic carbocycles. The molecule has 1 aromatic carbocycles. The molecule has 4 aliphatic rings. The molecule has 3 atom stereocenters. The summed E-state index contributed by atoms with van der Waals surface area (Å²) in [6.45, 7) is 0. The Kier molecular flexibility index (Phi) is 4.26. The largest absolute Gasteiger partial charge is 0.487 e. The van der Waals surface area contributed by atoms with Crippen LogP contribution in [-0.2, 0) is 11.2 Å². The van der Waals surface area contributed by atoms with Crippen LogP contribution < -0.4 is 25.4 Å². The molecule has 160 valence electrons. The maximum absolute atomic E-state index is 12.3. The fourth-order valence-corrected chi connectivity index (χ4v) is 5.00. The highest BCUT2D eigenvalue weighted by Crippen LogP contribution is 2.54. The molecule has 0 bridgehead atoms. The second-order valence-electron chi connectivity index (χ2n) is 8.72. The van der Waals surface area contributed by atoms with Crippen molar-refractivity contribution in [2.75, 3.05) is 5.32 Å². The normalized spacial score (nSPS) is 25.5. The molecule has 3 amide bonds. The molecule has 6 rings (SSSR count). The van der Waals surface area contributed by atoms with Crippen LogP contribution in [0, 0.1) is 0 Å². The van der Waals surface area contributed by atoms with Gasteiger partial charge in [-0.25, -0.2) is 9.78 Å². The minimum absolute atomic E-state index is 0.00643. The van der Waals surface area contributed by atoms with Gasteiger partial charge in [0.05, 0.1) is 12.0 Å². The molecular formula is C23H24N4O4. The Bertz CT molecular complexity index is 1070.